The van der Waals surface area contributed by atoms with Gasteiger partial charge in [0, 0.05) is 6.54 Å². The summed E-state index contributed by atoms with van der Waals surface area (Å²) < 4.78 is 0.654. The first kappa shape index (κ1) is 14.3. The van der Waals surface area contributed by atoms with Gasteiger partial charge in [-0.05, 0) is 50.5 Å². The maximum absolute atomic E-state index is 12.2. The fourth-order valence-electron chi connectivity index (χ4n) is 2.32. The molecule has 0 unspecified atom stereocenters. The van der Waals surface area contributed by atoms with E-state index in [0.29, 0.717) is 10.9 Å². The number of hydrogen-bond donors (Lipinski definition) is 0. The number of carbonyl (C=O) groups is 1. The van der Waals surface area contributed by atoms with Crippen LogP contribution in [0.1, 0.15) is 29.2 Å². The molecule has 4 heteroatoms. The van der Waals surface area contributed by atoms with E-state index in [4.69, 9.17) is 12.2 Å². The number of hydrogen-bond acceptors (Lipinski definition) is 3. The molecule has 1 heterocycles. The largest absolute Gasteiger partial charge is 0.293 e. The highest BCUT2D eigenvalue weighted by Gasteiger charge is 2.30. The van der Waals surface area contributed by atoms with E-state index in [1.165, 1.54) is 28.5 Å². The highest BCUT2D eigenvalue weighted by molar-refractivity contribution is 8.26. The molecular formula is C15H17NOS2. The third-order valence-electron chi connectivity index (χ3n) is 3.20. The van der Waals surface area contributed by atoms with Crippen LogP contribution in [0, 0.1) is 20.8 Å². The van der Waals surface area contributed by atoms with E-state index in [0.717, 1.165) is 10.5 Å². The molecule has 0 aromatic heterocycles. The highest BCUT2D eigenvalue weighted by atomic mass is 32.2. The summed E-state index contributed by atoms with van der Waals surface area (Å²) in [6, 6.07) is 4.28. The van der Waals surface area contributed by atoms with Gasteiger partial charge in [-0.25, -0.2) is 0 Å². The first-order valence-corrected chi connectivity index (χ1v) is 7.49. The summed E-state index contributed by atoms with van der Waals surface area (Å²) in [6.07, 6.45) is 1.97. The van der Waals surface area contributed by atoms with Crippen LogP contribution in [0.3, 0.4) is 0 Å². The summed E-state index contributed by atoms with van der Waals surface area (Å²) in [5.74, 6) is 0.0249. The van der Waals surface area contributed by atoms with Crippen molar-refractivity contribution in [2.75, 3.05) is 6.54 Å². The summed E-state index contributed by atoms with van der Waals surface area (Å²) in [4.78, 5) is 14.6. The van der Waals surface area contributed by atoms with Crippen molar-refractivity contribution in [1.29, 1.82) is 0 Å². The Morgan fingerprint density at radius 3 is 2.32 bits per heavy atom. The molecule has 1 fully saturated rings. The molecule has 1 aliphatic rings. The van der Waals surface area contributed by atoms with Crippen LogP contribution in [0.5, 0.6) is 0 Å². The van der Waals surface area contributed by atoms with Crippen molar-refractivity contribution in [2.45, 2.75) is 27.7 Å². The first-order valence-electron chi connectivity index (χ1n) is 6.27. The van der Waals surface area contributed by atoms with E-state index in [2.05, 4.69) is 32.9 Å². The van der Waals surface area contributed by atoms with Gasteiger partial charge < -0.3 is 0 Å². The zero-order valence-corrected chi connectivity index (χ0v) is 13.2. The summed E-state index contributed by atoms with van der Waals surface area (Å²) in [6.45, 7) is 8.81. The number of benzene rings is 1. The first-order chi connectivity index (χ1) is 8.93. The molecule has 0 bridgehead atoms. The minimum atomic E-state index is 0.0249. The number of likely N-dealkylation sites (N-methyl/N-ethyl adjacent to an activating group) is 1. The fraction of sp³-hybridized carbons (Fsp3) is 0.333. The summed E-state index contributed by atoms with van der Waals surface area (Å²) in [7, 11) is 0. The predicted octanol–water partition coefficient (Wildman–Crippen LogP) is 3.83. The van der Waals surface area contributed by atoms with Crippen molar-refractivity contribution in [3.05, 3.63) is 39.3 Å². The van der Waals surface area contributed by atoms with E-state index < -0.39 is 0 Å². The number of carbonyl (C=O) groups excluding carboxylic acids is 1. The number of thiocarbonyl (C=S) groups is 1. The van der Waals surface area contributed by atoms with Crippen molar-refractivity contribution in [3.8, 4) is 0 Å². The molecule has 1 aliphatic heterocycles. The molecule has 0 saturated carbocycles. The quantitative estimate of drug-likeness (QED) is 0.610. The topological polar surface area (TPSA) is 20.3 Å². The number of rotatable bonds is 2. The van der Waals surface area contributed by atoms with Crippen molar-refractivity contribution < 1.29 is 4.79 Å². The Balaban J connectivity index is 2.43. The van der Waals surface area contributed by atoms with Gasteiger partial charge in [-0.1, -0.05) is 41.7 Å². The van der Waals surface area contributed by atoms with Crippen LogP contribution >= 0.6 is 24.0 Å². The standard InChI is InChI=1S/C15H17NOS2/c1-5-16-14(17)13(19-15(16)18)8-12-10(3)6-9(2)7-11(12)4/h6-8H,5H2,1-4H3/b13-8+. The van der Waals surface area contributed by atoms with Crippen LogP contribution in [0.4, 0.5) is 0 Å². The molecule has 1 aromatic rings. The fourth-order valence-corrected chi connectivity index (χ4v) is 3.69. The van der Waals surface area contributed by atoms with Crippen molar-refractivity contribution in [3.63, 3.8) is 0 Å². The Morgan fingerprint density at radius 2 is 1.84 bits per heavy atom. The zero-order chi connectivity index (χ0) is 14.2. The molecule has 0 spiro atoms. The lowest BCUT2D eigenvalue weighted by atomic mass is 9.99. The van der Waals surface area contributed by atoms with E-state index in [-0.39, 0.29) is 5.91 Å². The smallest absolute Gasteiger partial charge is 0.266 e. The molecule has 0 aliphatic carbocycles. The number of thioether (sulfide) groups is 1. The lowest BCUT2D eigenvalue weighted by Gasteiger charge is -2.10. The second kappa shape index (κ2) is 5.47. The molecular weight excluding hydrogens is 274 g/mol. The minimum Gasteiger partial charge on any atom is -0.293 e. The van der Waals surface area contributed by atoms with Gasteiger partial charge in [0.2, 0.25) is 0 Å². The monoisotopic (exact) mass is 291 g/mol. The second-order valence-corrected chi connectivity index (χ2v) is 6.41. The van der Waals surface area contributed by atoms with Crippen LogP contribution in [0.25, 0.3) is 6.08 Å². The van der Waals surface area contributed by atoms with Crippen LogP contribution in [-0.2, 0) is 4.79 Å². The average molecular weight is 291 g/mol. The molecule has 0 atom stereocenters. The van der Waals surface area contributed by atoms with Gasteiger partial charge in [0.1, 0.15) is 4.32 Å². The molecule has 19 heavy (non-hydrogen) atoms. The van der Waals surface area contributed by atoms with E-state index in [1.807, 2.05) is 13.0 Å². The maximum Gasteiger partial charge on any atom is 0.266 e. The number of aryl methyl sites for hydroxylation is 3. The van der Waals surface area contributed by atoms with Gasteiger partial charge in [0.15, 0.2) is 0 Å². The van der Waals surface area contributed by atoms with Crippen molar-refractivity contribution in [1.82, 2.24) is 4.90 Å². The molecule has 1 saturated heterocycles. The third-order valence-corrected chi connectivity index (χ3v) is 4.58. The van der Waals surface area contributed by atoms with E-state index >= 15 is 0 Å². The minimum absolute atomic E-state index is 0.0249. The zero-order valence-electron chi connectivity index (χ0n) is 11.6. The Labute approximate surface area is 123 Å². The lowest BCUT2D eigenvalue weighted by Crippen LogP contribution is -2.27. The van der Waals surface area contributed by atoms with Gasteiger partial charge in [-0.3, -0.25) is 9.69 Å². The lowest BCUT2D eigenvalue weighted by molar-refractivity contribution is -0.121. The van der Waals surface area contributed by atoms with Crippen LogP contribution in [0.2, 0.25) is 0 Å². The highest BCUT2D eigenvalue weighted by Crippen LogP contribution is 2.33. The summed E-state index contributed by atoms with van der Waals surface area (Å²) >= 11 is 6.62. The van der Waals surface area contributed by atoms with Crippen LogP contribution in [-0.4, -0.2) is 21.7 Å². The van der Waals surface area contributed by atoms with Gasteiger partial charge in [0.25, 0.3) is 5.91 Å². The van der Waals surface area contributed by atoms with Gasteiger partial charge in [-0.2, -0.15) is 0 Å². The Kier molecular flexibility index (Phi) is 4.11. The predicted molar refractivity (Wildman–Crippen MR) is 86.2 cm³/mol. The normalized spacial score (nSPS) is 17.7. The SMILES string of the molecule is CCN1C(=O)/C(=C\c2c(C)cc(C)cc2C)SC1=S. The van der Waals surface area contributed by atoms with Crippen LogP contribution in [0.15, 0.2) is 17.0 Å². The van der Waals surface area contributed by atoms with Gasteiger partial charge >= 0.3 is 0 Å². The molecule has 2 rings (SSSR count). The van der Waals surface area contributed by atoms with Gasteiger partial charge in [0.05, 0.1) is 4.91 Å². The maximum atomic E-state index is 12.2. The summed E-state index contributed by atoms with van der Waals surface area (Å²) in [5.41, 5.74) is 4.76. The van der Waals surface area contributed by atoms with E-state index in [1.54, 1.807) is 4.90 Å². The second-order valence-electron chi connectivity index (χ2n) is 4.74. The van der Waals surface area contributed by atoms with Gasteiger partial charge in [-0.15, -0.1) is 0 Å². The third kappa shape index (κ3) is 2.74. The average Bonchev–Trinajstić information content (AvgIpc) is 2.58. The molecule has 1 aromatic carbocycles. The molecule has 0 radical (unpaired) electrons. The molecule has 2 nitrogen and oxygen atoms in total. The molecule has 0 N–H and O–H groups in total. The Hall–Kier alpha value is -1.13. The summed E-state index contributed by atoms with van der Waals surface area (Å²) in [5, 5.41) is 0. The van der Waals surface area contributed by atoms with Crippen LogP contribution < -0.4 is 0 Å². The van der Waals surface area contributed by atoms with Crippen molar-refractivity contribution >= 4 is 40.3 Å². The van der Waals surface area contributed by atoms with Crippen molar-refractivity contribution in [2.24, 2.45) is 0 Å². The number of amides is 1. The molecule has 1 amide bonds. The number of nitrogens with zero attached hydrogens (tertiary/aromatic N) is 1. The molecule has 100 valence electrons. The Bertz CT molecular complexity index is 567. The Morgan fingerprint density at radius 1 is 1.26 bits per heavy atom. The van der Waals surface area contributed by atoms with E-state index in [9.17, 15) is 4.79 Å².